The molecule has 0 unspecified atom stereocenters. The lowest BCUT2D eigenvalue weighted by molar-refractivity contribution is -0.115. The van der Waals surface area contributed by atoms with Gasteiger partial charge in [0.2, 0.25) is 11.8 Å². The Morgan fingerprint density at radius 1 is 0.963 bits per heavy atom. The van der Waals surface area contributed by atoms with Crippen molar-refractivity contribution in [3.8, 4) is 5.75 Å². The molecule has 0 aromatic heterocycles. The van der Waals surface area contributed by atoms with Crippen molar-refractivity contribution in [2.24, 2.45) is 0 Å². The maximum absolute atomic E-state index is 12.7. The van der Waals surface area contributed by atoms with Crippen LogP contribution in [0.2, 0.25) is 0 Å². The fourth-order valence-corrected chi connectivity index (χ4v) is 3.40. The van der Waals surface area contributed by atoms with E-state index in [1.165, 1.54) is 38.1 Å². The monoisotopic (exact) mass is 391 g/mol. The van der Waals surface area contributed by atoms with Crippen LogP contribution in [0.5, 0.6) is 5.75 Å². The molecule has 2 aromatic carbocycles. The van der Waals surface area contributed by atoms with E-state index < -0.39 is 10.0 Å². The zero-order valence-corrected chi connectivity index (χ0v) is 16.0. The van der Waals surface area contributed by atoms with Crippen LogP contribution in [0.3, 0.4) is 0 Å². The minimum atomic E-state index is -3.92. The van der Waals surface area contributed by atoms with Gasteiger partial charge in [0.25, 0.3) is 10.0 Å². The summed E-state index contributed by atoms with van der Waals surface area (Å²) < 4.78 is 33.2. The molecule has 0 atom stereocenters. The van der Waals surface area contributed by atoms with Crippen LogP contribution in [-0.4, -0.2) is 26.8 Å². The number of hydrogen-bond acceptors (Lipinski definition) is 5. The summed E-state index contributed by atoms with van der Waals surface area (Å²) in [5.74, 6) is -0.234. The number of rotatable bonds is 7. The highest BCUT2D eigenvalue weighted by Gasteiger charge is 2.18. The average molecular weight is 391 g/mol. The van der Waals surface area contributed by atoms with E-state index in [1.54, 1.807) is 25.1 Å². The maximum Gasteiger partial charge on any atom is 0.261 e. The van der Waals surface area contributed by atoms with Crippen molar-refractivity contribution >= 4 is 38.9 Å². The van der Waals surface area contributed by atoms with Crippen LogP contribution >= 0.6 is 0 Å². The lowest BCUT2D eigenvalue weighted by Crippen LogP contribution is -2.15. The molecule has 27 heavy (non-hydrogen) atoms. The summed E-state index contributed by atoms with van der Waals surface area (Å²) in [6.07, 6.45) is 0. The first-order chi connectivity index (χ1) is 12.7. The van der Waals surface area contributed by atoms with E-state index >= 15 is 0 Å². The SMILES string of the molecule is CCOc1ccc(S(=O)(=O)Nc2cccc(NC(C)=O)c2)cc1NC(C)=O. The molecular weight excluding hydrogens is 370 g/mol. The van der Waals surface area contributed by atoms with Gasteiger partial charge in [-0.05, 0) is 43.3 Å². The molecule has 0 radical (unpaired) electrons. The number of anilines is 3. The molecule has 2 rings (SSSR count). The molecule has 0 bridgehead atoms. The van der Waals surface area contributed by atoms with Crippen LogP contribution in [-0.2, 0) is 19.6 Å². The molecule has 3 N–H and O–H groups in total. The second-order valence-electron chi connectivity index (χ2n) is 5.64. The molecule has 8 nitrogen and oxygen atoms in total. The largest absolute Gasteiger partial charge is 0.492 e. The highest BCUT2D eigenvalue weighted by molar-refractivity contribution is 7.92. The molecule has 0 saturated heterocycles. The topological polar surface area (TPSA) is 114 Å². The van der Waals surface area contributed by atoms with E-state index in [9.17, 15) is 18.0 Å². The predicted molar refractivity (Wildman–Crippen MR) is 103 cm³/mol. The molecule has 144 valence electrons. The van der Waals surface area contributed by atoms with Crippen LogP contribution in [0.1, 0.15) is 20.8 Å². The van der Waals surface area contributed by atoms with Gasteiger partial charge in [-0.15, -0.1) is 0 Å². The zero-order chi connectivity index (χ0) is 20.0. The molecule has 0 saturated carbocycles. The van der Waals surface area contributed by atoms with Gasteiger partial charge in [0, 0.05) is 19.5 Å². The van der Waals surface area contributed by atoms with E-state index in [4.69, 9.17) is 4.74 Å². The van der Waals surface area contributed by atoms with Crippen molar-refractivity contribution in [1.29, 1.82) is 0 Å². The van der Waals surface area contributed by atoms with E-state index in [0.29, 0.717) is 18.0 Å². The number of carbonyl (C=O) groups excluding carboxylic acids is 2. The molecule has 0 aliphatic rings. The molecule has 2 amide bonds. The summed E-state index contributed by atoms with van der Waals surface area (Å²) in [5.41, 5.74) is 1.02. The first-order valence-corrected chi connectivity index (χ1v) is 9.64. The Labute approximate surface area is 158 Å². The summed E-state index contributed by atoms with van der Waals surface area (Å²) in [6.45, 7) is 4.84. The van der Waals surface area contributed by atoms with E-state index in [2.05, 4.69) is 15.4 Å². The second-order valence-corrected chi connectivity index (χ2v) is 7.32. The molecule has 9 heteroatoms. The minimum Gasteiger partial charge on any atom is -0.492 e. The normalized spacial score (nSPS) is 10.8. The highest BCUT2D eigenvalue weighted by atomic mass is 32.2. The van der Waals surface area contributed by atoms with Crippen molar-refractivity contribution in [1.82, 2.24) is 0 Å². The van der Waals surface area contributed by atoms with Crippen LogP contribution in [0.15, 0.2) is 47.4 Å². The van der Waals surface area contributed by atoms with Crippen molar-refractivity contribution in [2.45, 2.75) is 25.7 Å². The van der Waals surface area contributed by atoms with Gasteiger partial charge in [0.15, 0.2) is 0 Å². The van der Waals surface area contributed by atoms with Gasteiger partial charge in [0.1, 0.15) is 5.75 Å². The molecule has 2 aromatic rings. The van der Waals surface area contributed by atoms with Gasteiger partial charge in [-0.3, -0.25) is 14.3 Å². The Bertz CT molecular complexity index is 957. The van der Waals surface area contributed by atoms with Gasteiger partial charge in [-0.2, -0.15) is 0 Å². The maximum atomic E-state index is 12.7. The van der Waals surface area contributed by atoms with Gasteiger partial charge in [-0.1, -0.05) is 6.07 Å². The van der Waals surface area contributed by atoms with Gasteiger partial charge in [-0.25, -0.2) is 8.42 Å². The molecule has 0 aliphatic carbocycles. The van der Waals surface area contributed by atoms with Crippen LogP contribution in [0, 0.1) is 0 Å². The van der Waals surface area contributed by atoms with Crippen molar-refractivity contribution < 1.29 is 22.7 Å². The van der Waals surface area contributed by atoms with E-state index in [1.807, 2.05) is 0 Å². The fourth-order valence-electron chi connectivity index (χ4n) is 2.32. The Hall–Kier alpha value is -3.07. The van der Waals surface area contributed by atoms with Crippen LogP contribution < -0.4 is 20.1 Å². The Balaban J connectivity index is 2.33. The zero-order valence-electron chi connectivity index (χ0n) is 15.2. The van der Waals surface area contributed by atoms with Crippen molar-refractivity contribution in [3.05, 3.63) is 42.5 Å². The fraction of sp³-hybridized carbons (Fsp3) is 0.222. The number of carbonyl (C=O) groups is 2. The third kappa shape index (κ3) is 5.71. The summed E-state index contributed by atoms with van der Waals surface area (Å²) in [5, 5.41) is 5.15. The summed E-state index contributed by atoms with van der Waals surface area (Å²) in [7, 11) is -3.92. The highest BCUT2D eigenvalue weighted by Crippen LogP contribution is 2.29. The quantitative estimate of drug-likeness (QED) is 0.672. The second kappa shape index (κ2) is 8.54. The van der Waals surface area contributed by atoms with Crippen molar-refractivity contribution in [3.63, 3.8) is 0 Å². The lowest BCUT2D eigenvalue weighted by Gasteiger charge is -2.14. The Morgan fingerprint density at radius 3 is 2.26 bits per heavy atom. The molecule has 0 aliphatic heterocycles. The number of hydrogen-bond donors (Lipinski definition) is 3. The van der Waals surface area contributed by atoms with E-state index in [-0.39, 0.29) is 28.1 Å². The Kier molecular flexibility index (Phi) is 6.40. The number of amides is 2. The number of nitrogens with one attached hydrogen (secondary N) is 3. The number of sulfonamides is 1. The molecule has 0 spiro atoms. The molecule has 0 fully saturated rings. The third-order valence-corrected chi connectivity index (χ3v) is 4.69. The summed E-state index contributed by atoms with van der Waals surface area (Å²) >= 11 is 0. The van der Waals surface area contributed by atoms with E-state index in [0.717, 1.165) is 0 Å². The number of benzene rings is 2. The predicted octanol–water partition coefficient (Wildman–Crippen LogP) is 2.80. The molecular formula is C18H21N3O5S. The summed E-state index contributed by atoms with van der Waals surface area (Å²) in [4.78, 5) is 22.5. The molecule has 0 heterocycles. The Morgan fingerprint density at radius 2 is 1.63 bits per heavy atom. The van der Waals surface area contributed by atoms with Crippen LogP contribution in [0.4, 0.5) is 17.1 Å². The summed E-state index contributed by atoms with van der Waals surface area (Å²) in [6, 6.07) is 10.5. The van der Waals surface area contributed by atoms with Crippen LogP contribution in [0.25, 0.3) is 0 Å². The van der Waals surface area contributed by atoms with Gasteiger partial charge >= 0.3 is 0 Å². The lowest BCUT2D eigenvalue weighted by atomic mass is 10.3. The standard InChI is InChI=1S/C18H21N3O5S/c1-4-26-18-9-8-16(11-17(18)20-13(3)23)27(24,25)21-15-7-5-6-14(10-15)19-12(2)22/h5-11,21H,4H2,1-3H3,(H,19,22)(H,20,23). The van der Waals surface area contributed by atoms with Crippen molar-refractivity contribution in [2.75, 3.05) is 22.0 Å². The van der Waals surface area contributed by atoms with Gasteiger partial charge in [0.05, 0.1) is 22.9 Å². The number of ether oxygens (including phenoxy) is 1. The minimum absolute atomic E-state index is 0.0420. The van der Waals surface area contributed by atoms with Gasteiger partial charge < -0.3 is 15.4 Å². The smallest absolute Gasteiger partial charge is 0.261 e. The average Bonchev–Trinajstić information content (AvgIpc) is 2.55. The third-order valence-electron chi connectivity index (χ3n) is 3.31. The first-order valence-electron chi connectivity index (χ1n) is 8.16. The first kappa shape index (κ1) is 20.2.